The molecule has 1 saturated carbocycles. The summed E-state index contributed by atoms with van der Waals surface area (Å²) in [7, 11) is 0. The number of aryl methyl sites for hydroxylation is 1. The number of benzene rings is 2. The fraction of sp³-hybridized carbons (Fsp3) is 0.368. The lowest BCUT2D eigenvalue weighted by Crippen LogP contribution is -2.25. The van der Waals surface area contributed by atoms with Gasteiger partial charge in [0.1, 0.15) is 0 Å². The minimum atomic E-state index is 0.732. The third-order valence-corrected chi connectivity index (χ3v) is 4.31. The molecule has 1 aliphatic rings. The Balaban J connectivity index is 1.71. The van der Waals surface area contributed by atoms with Crippen molar-refractivity contribution in [1.82, 2.24) is 4.90 Å². The molecule has 1 fully saturated rings. The van der Waals surface area contributed by atoms with E-state index < -0.39 is 0 Å². The molecule has 2 aromatic rings. The van der Waals surface area contributed by atoms with Gasteiger partial charge in [0.25, 0.3) is 0 Å². The van der Waals surface area contributed by atoms with Crippen LogP contribution in [0.1, 0.15) is 36.5 Å². The van der Waals surface area contributed by atoms with Gasteiger partial charge in [0.15, 0.2) is 0 Å². The molecule has 1 aliphatic carbocycles. The Kier molecular flexibility index (Phi) is 4.26. The third kappa shape index (κ3) is 3.64. The summed E-state index contributed by atoms with van der Waals surface area (Å²) in [5.41, 5.74) is 11.0. The van der Waals surface area contributed by atoms with Gasteiger partial charge < -0.3 is 5.73 Å². The van der Waals surface area contributed by atoms with Crippen molar-refractivity contribution in [2.45, 2.75) is 45.3 Å². The van der Waals surface area contributed by atoms with Crippen LogP contribution in [-0.4, -0.2) is 10.9 Å². The van der Waals surface area contributed by atoms with Crippen LogP contribution in [0.5, 0.6) is 0 Å². The summed E-state index contributed by atoms with van der Waals surface area (Å²) in [5.74, 6) is 0. The molecule has 0 saturated heterocycles. The molecule has 0 spiro atoms. The molecular formula is C19H24N2. The first-order valence-corrected chi connectivity index (χ1v) is 7.91. The Morgan fingerprint density at radius 1 is 0.952 bits per heavy atom. The lowest BCUT2D eigenvalue weighted by molar-refractivity contribution is 0.246. The number of hydrogen-bond donors (Lipinski definition) is 1. The topological polar surface area (TPSA) is 29.3 Å². The number of hydrogen-bond acceptors (Lipinski definition) is 2. The Hall–Kier alpha value is -1.80. The Bertz CT molecular complexity index is 585. The Labute approximate surface area is 127 Å². The van der Waals surface area contributed by atoms with Gasteiger partial charge in [-0.25, -0.2) is 0 Å². The normalized spacial score (nSPS) is 14.6. The number of nitrogens with two attached hydrogens (primary N) is 1. The summed E-state index contributed by atoms with van der Waals surface area (Å²) >= 11 is 0. The van der Waals surface area contributed by atoms with Gasteiger partial charge in [-0.1, -0.05) is 49.4 Å². The molecule has 2 nitrogen and oxygen atoms in total. The Morgan fingerprint density at radius 2 is 1.62 bits per heavy atom. The molecule has 0 atom stereocenters. The van der Waals surface area contributed by atoms with Crippen LogP contribution in [0.4, 0.5) is 5.69 Å². The Morgan fingerprint density at radius 3 is 2.24 bits per heavy atom. The first-order chi connectivity index (χ1) is 10.3. The molecule has 2 aromatic carbocycles. The van der Waals surface area contributed by atoms with E-state index in [1.54, 1.807) is 0 Å². The number of anilines is 1. The van der Waals surface area contributed by atoms with Crippen molar-refractivity contribution in [2.24, 2.45) is 0 Å². The average Bonchev–Trinajstić information content (AvgIpc) is 3.34. The largest absolute Gasteiger partial charge is 0.398 e. The van der Waals surface area contributed by atoms with E-state index in [9.17, 15) is 0 Å². The summed E-state index contributed by atoms with van der Waals surface area (Å²) in [6, 6.07) is 18.0. The van der Waals surface area contributed by atoms with Crippen LogP contribution < -0.4 is 5.73 Å². The molecule has 0 radical (unpaired) electrons. The maximum atomic E-state index is 6.09. The van der Waals surface area contributed by atoms with Gasteiger partial charge in [0.05, 0.1) is 0 Å². The van der Waals surface area contributed by atoms with Crippen LogP contribution in [0, 0.1) is 0 Å². The van der Waals surface area contributed by atoms with E-state index in [0.29, 0.717) is 0 Å². The van der Waals surface area contributed by atoms with E-state index in [-0.39, 0.29) is 0 Å². The minimum Gasteiger partial charge on any atom is -0.398 e. The molecule has 0 amide bonds. The van der Waals surface area contributed by atoms with Crippen LogP contribution in [-0.2, 0) is 19.5 Å². The van der Waals surface area contributed by atoms with Crippen LogP contribution in [0.25, 0.3) is 0 Å². The zero-order valence-corrected chi connectivity index (χ0v) is 12.8. The third-order valence-electron chi connectivity index (χ3n) is 4.31. The highest BCUT2D eigenvalue weighted by Crippen LogP contribution is 2.30. The van der Waals surface area contributed by atoms with Gasteiger partial charge in [0, 0.05) is 24.8 Å². The molecule has 0 aliphatic heterocycles. The standard InChI is InChI=1S/C19H24N2/c1-2-15-7-9-16(10-8-15)13-21(18-11-12-18)14-17-5-3-4-6-19(17)20/h3-10,18H,2,11-14,20H2,1H3. The smallest absolute Gasteiger partial charge is 0.0359 e. The number of nitrogen functional groups attached to an aromatic ring is 1. The first kappa shape index (κ1) is 14.2. The van der Waals surface area contributed by atoms with Gasteiger partial charge in [-0.05, 0) is 42.0 Å². The summed E-state index contributed by atoms with van der Waals surface area (Å²) in [6.45, 7) is 4.17. The zero-order valence-electron chi connectivity index (χ0n) is 12.8. The van der Waals surface area contributed by atoms with Gasteiger partial charge in [0.2, 0.25) is 0 Å². The van der Waals surface area contributed by atoms with E-state index >= 15 is 0 Å². The van der Waals surface area contributed by atoms with Crippen molar-refractivity contribution < 1.29 is 0 Å². The van der Waals surface area contributed by atoms with Crippen molar-refractivity contribution in [2.75, 3.05) is 5.73 Å². The molecule has 0 unspecified atom stereocenters. The van der Waals surface area contributed by atoms with Crippen LogP contribution in [0.3, 0.4) is 0 Å². The zero-order chi connectivity index (χ0) is 14.7. The molecule has 110 valence electrons. The quantitative estimate of drug-likeness (QED) is 0.810. The minimum absolute atomic E-state index is 0.732. The maximum absolute atomic E-state index is 6.09. The second-order valence-corrected chi connectivity index (χ2v) is 6.01. The second-order valence-electron chi connectivity index (χ2n) is 6.01. The number of para-hydroxylation sites is 1. The molecular weight excluding hydrogens is 256 g/mol. The van der Waals surface area contributed by atoms with Crippen LogP contribution >= 0.6 is 0 Å². The fourth-order valence-corrected chi connectivity index (χ4v) is 2.77. The molecule has 0 heterocycles. The first-order valence-electron chi connectivity index (χ1n) is 7.91. The van der Waals surface area contributed by atoms with E-state index in [1.165, 1.54) is 29.5 Å². The molecule has 21 heavy (non-hydrogen) atoms. The monoisotopic (exact) mass is 280 g/mol. The molecule has 0 bridgehead atoms. The number of nitrogens with zero attached hydrogens (tertiary/aromatic N) is 1. The van der Waals surface area contributed by atoms with Crippen molar-refractivity contribution in [3.8, 4) is 0 Å². The molecule has 2 heteroatoms. The molecule has 3 rings (SSSR count). The van der Waals surface area contributed by atoms with Crippen molar-refractivity contribution in [3.05, 3.63) is 65.2 Å². The SMILES string of the molecule is CCc1ccc(CN(Cc2ccccc2N)C2CC2)cc1. The van der Waals surface area contributed by atoms with Gasteiger partial charge >= 0.3 is 0 Å². The maximum Gasteiger partial charge on any atom is 0.0359 e. The van der Waals surface area contributed by atoms with Crippen LogP contribution in [0.15, 0.2) is 48.5 Å². The summed E-state index contributed by atoms with van der Waals surface area (Å²) in [4.78, 5) is 2.56. The predicted molar refractivity (Wildman–Crippen MR) is 88.9 cm³/mol. The summed E-state index contributed by atoms with van der Waals surface area (Å²) in [6.07, 6.45) is 3.74. The van der Waals surface area contributed by atoms with E-state index in [1.807, 2.05) is 12.1 Å². The lowest BCUT2D eigenvalue weighted by atomic mass is 10.1. The molecule has 0 aromatic heterocycles. The second kappa shape index (κ2) is 6.31. The van der Waals surface area contributed by atoms with Crippen molar-refractivity contribution in [3.63, 3.8) is 0 Å². The fourth-order valence-electron chi connectivity index (χ4n) is 2.77. The van der Waals surface area contributed by atoms with Gasteiger partial charge in [-0.15, -0.1) is 0 Å². The van der Waals surface area contributed by atoms with E-state index in [2.05, 4.69) is 48.2 Å². The van der Waals surface area contributed by atoms with Crippen molar-refractivity contribution >= 4 is 5.69 Å². The van der Waals surface area contributed by atoms with Gasteiger partial charge in [-0.3, -0.25) is 4.90 Å². The van der Waals surface area contributed by atoms with Gasteiger partial charge in [-0.2, -0.15) is 0 Å². The summed E-state index contributed by atoms with van der Waals surface area (Å²) in [5, 5.41) is 0. The van der Waals surface area contributed by atoms with E-state index in [4.69, 9.17) is 5.73 Å². The summed E-state index contributed by atoms with van der Waals surface area (Å²) < 4.78 is 0. The average molecular weight is 280 g/mol. The number of rotatable bonds is 6. The highest BCUT2D eigenvalue weighted by Gasteiger charge is 2.29. The van der Waals surface area contributed by atoms with E-state index in [0.717, 1.165) is 31.2 Å². The highest BCUT2D eigenvalue weighted by molar-refractivity contribution is 5.46. The highest BCUT2D eigenvalue weighted by atomic mass is 15.2. The molecule has 2 N–H and O–H groups in total. The van der Waals surface area contributed by atoms with Crippen LogP contribution in [0.2, 0.25) is 0 Å². The van der Waals surface area contributed by atoms with Crippen molar-refractivity contribution in [1.29, 1.82) is 0 Å². The lowest BCUT2D eigenvalue weighted by Gasteiger charge is -2.23. The predicted octanol–water partition coefficient (Wildman–Crippen LogP) is 4.00.